The van der Waals surface area contributed by atoms with Gasteiger partial charge in [-0.15, -0.1) is 11.3 Å². The van der Waals surface area contributed by atoms with E-state index in [1.54, 1.807) is 24.3 Å². The molecule has 4 heteroatoms. The normalized spacial score (nSPS) is 11.3. The minimum absolute atomic E-state index is 0.495. The summed E-state index contributed by atoms with van der Waals surface area (Å²) < 4.78 is 5.11. The van der Waals surface area contributed by atoms with Crippen molar-refractivity contribution >= 4 is 45.8 Å². The maximum absolute atomic E-state index is 7.28. The van der Waals surface area contributed by atoms with Crippen LogP contribution in [-0.2, 0) is 3.07 Å². The predicted molar refractivity (Wildman–Crippen MR) is 60.8 cm³/mol. The van der Waals surface area contributed by atoms with Crippen molar-refractivity contribution in [1.82, 2.24) is 0 Å². The van der Waals surface area contributed by atoms with E-state index in [9.17, 15) is 0 Å². The highest BCUT2D eigenvalue weighted by molar-refractivity contribution is 14.1. The van der Waals surface area contributed by atoms with Crippen molar-refractivity contribution in [1.29, 1.82) is 5.41 Å². The number of hydrogen-bond donors (Lipinski definition) is 1. The van der Waals surface area contributed by atoms with Gasteiger partial charge in [0.1, 0.15) is 0 Å². The fourth-order valence-corrected chi connectivity index (χ4v) is 1.94. The minimum atomic E-state index is 0.495. The van der Waals surface area contributed by atoms with Gasteiger partial charge in [-0.05, 0) is 18.4 Å². The fourth-order valence-electron chi connectivity index (χ4n) is 0.747. The first-order valence-corrected chi connectivity index (χ1v) is 5.09. The van der Waals surface area contributed by atoms with E-state index in [4.69, 9.17) is 8.48 Å². The van der Waals surface area contributed by atoms with Gasteiger partial charge in [-0.3, -0.25) is 0 Å². The van der Waals surface area contributed by atoms with Crippen LogP contribution in [0.15, 0.2) is 23.6 Å². The average molecular weight is 293 g/mol. The standard InChI is InChI=1S/C8H8INOS/c1-6(10)5-7(11-9)8-3-2-4-12-8/h2-5,10H,1H3/b7-5-,10-6?. The summed E-state index contributed by atoms with van der Waals surface area (Å²) in [5, 5.41) is 9.26. The number of rotatable bonds is 3. The van der Waals surface area contributed by atoms with Crippen LogP contribution < -0.4 is 0 Å². The molecule has 0 amide bonds. The first-order chi connectivity index (χ1) is 5.74. The van der Waals surface area contributed by atoms with Gasteiger partial charge in [-0.2, -0.15) is 0 Å². The molecule has 0 saturated carbocycles. The van der Waals surface area contributed by atoms with Gasteiger partial charge < -0.3 is 8.48 Å². The number of halogens is 1. The molecule has 1 rings (SSSR count). The van der Waals surface area contributed by atoms with Crippen molar-refractivity contribution < 1.29 is 3.07 Å². The molecule has 64 valence electrons. The molecule has 0 fully saturated rings. The van der Waals surface area contributed by atoms with Crippen molar-refractivity contribution in [2.24, 2.45) is 0 Å². The van der Waals surface area contributed by atoms with E-state index < -0.39 is 0 Å². The highest BCUT2D eigenvalue weighted by Gasteiger charge is 2.02. The van der Waals surface area contributed by atoms with Gasteiger partial charge in [0.05, 0.1) is 4.88 Å². The van der Waals surface area contributed by atoms with Gasteiger partial charge in [0.15, 0.2) is 28.8 Å². The summed E-state index contributed by atoms with van der Waals surface area (Å²) in [7, 11) is 0. The van der Waals surface area contributed by atoms with Crippen molar-refractivity contribution in [2.75, 3.05) is 0 Å². The first-order valence-electron chi connectivity index (χ1n) is 3.33. The van der Waals surface area contributed by atoms with Crippen LogP contribution in [-0.4, -0.2) is 5.71 Å². The SMILES string of the molecule is CC(=N)/C=C(\OI)c1cccs1. The van der Waals surface area contributed by atoms with Crippen molar-refractivity contribution in [3.8, 4) is 0 Å². The summed E-state index contributed by atoms with van der Waals surface area (Å²) in [6.45, 7) is 1.73. The maximum atomic E-state index is 7.28. The van der Waals surface area contributed by atoms with Crippen LogP contribution in [0.1, 0.15) is 11.8 Å². The molecule has 0 bridgehead atoms. The van der Waals surface area contributed by atoms with Gasteiger partial charge in [0, 0.05) is 11.8 Å². The smallest absolute Gasteiger partial charge is 0.192 e. The predicted octanol–water partition coefficient (Wildman–Crippen LogP) is 3.50. The van der Waals surface area contributed by atoms with E-state index in [0.717, 1.165) is 10.6 Å². The Morgan fingerprint density at radius 2 is 2.50 bits per heavy atom. The number of allylic oxidation sites excluding steroid dienone is 1. The summed E-state index contributed by atoms with van der Waals surface area (Å²) in [5.74, 6) is 0.748. The van der Waals surface area contributed by atoms with Crippen molar-refractivity contribution in [3.05, 3.63) is 28.5 Å². The summed E-state index contributed by atoms with van der Waals surface area (Å²) in [5.41, 5.74) is 0.495. The molecular weight excluding hydrogens is 285 g/mol. The van der Waals surface area contributed by atoms with Crippen molar-refractivity contribution in [3.63, 3.8) is 0 Å². The highest BCUT2D eigenvalue weighted by Crippen LogP contribution is 2.23. The summed E-state index contributed by atoms with van der Waals surface area (Å²) >= 11 is 3.43. The monoisotopic (exact) mass is 293 g/mol. The van der Waals surface area contributed by atoms with Crippen LogP contribution in [0.25, 0.3) is 5.76 Å². The Bertz CT molecular complexity index is 292. The molecule has 0 unspecified atom stereocenters. The average Bonchev–Trinajstić information content (AvgIpc) is 2.51. The van der Waals surface area contributed by atoms with Gasteiger partial charge in [-0.25, -0.2) is 0 Å². The van der Waals surface area contributed by atoms with Gasteiger partial charge in [0.2, 0.25) is 0 Å². The zero-order chi connectivity index (χ0) is 8.97. The third kappa shape index (κ3) is 2.60. The lowest BCUT2D eigenvalue weighted by molar-refractivity contribution is 0.679. The Labute approximate surface area is 89.5 Å². The summed E-state index contributed by atoms with van der Waals surface area (Å²) in [6, 6.07) is 3.93. The van der Waals surface area contributed by atoms with Gasteiger partial charge in [-0.1, -0.05) is 6.07 Å². The molecule has 1 heterocycles. The number of hydrogen-bond acceptors (Lipinski definition) is 3. The Morgan fingerprint density at radius 1 is 1.75 bits per heavy atom. The van der Waals surface area contributed by atoms with E-state index in [-0.39, 0.29) is 0 Å². The summed E-state index contributed by atoms with van der Waals surface area (Å²) in [6.07, 6.45) is 1.71. The molecular formula is C8H8INOS. The second kappa shape index (κ2) is 4.61. The number of nitrogens with one attached hydrogen (secondary N) is 1. The maximum Gasteiger partial charge on any atom is 0.192 e. The third-order valence-electron chi connectivity index (χ3n) is 1.19. The van der Waals surface area contributed by atoms with Crippen molar-refractivity contribution in [2.45, 2.75) is 6.92 Å². The quantitative estimate of drug-likeness (QED) is 0.516. The van der Waals surface area contributed by atoms with E-state index in [1.807, 2.05) is 40.5 Å². The lowest BCUT2D eigenvalue weighted by atomic mass is 10.3. The van der Waals surface area contributed by atoms with Gasteiger partial charge >= 0.3 is 0 Å². The van der Waals surface area contributed by atoms with Crippen LogP contribution in [0.2, 0.25) is 0 Å². The largest absolute Gasteiger partial charge is 0.426 e. The Hall–Kier alpha value is -0.360. The zero-order valence-electron chi connectivity index (χ0n) is 6.50. The van der Waals surface area contributed by atoms with E-state index in [1.165, 1.54) is 0 Å². The molecule has 1 aromatic rings. The molecule has 0 saturated heterocycles. The second-order valence-corrected chi connectivity index (χ2v) is 3.63. The van der Waals surface area contributed by atoms with Crippen LogP contribution in [0.3, 0.4) is 0 Å². The fraction of sp³-hybridized carbons (Fsp3) is 0.125. The molecule has 0 aliphatic carbocycles. The Kier molecular flexibility index (Phi) is 3.74. The molecule has 1 aromatic heterocycles. The molecule has 12 heavy (non-hydrogen) atoms. The molecule has 0 aliphatic heterocycles. The first kappa shape index (κ1) is 9.73. The zero-order valence-corrected chi connectivity index (χ0v) is 9.48. The lowest BCUT2D eigenvalue weighted by Gasteiger charge is -1.98. The molecule has 0 spiro atoms. The van der Waals surface area contributed by atoms with E-state index >= 15 is 0 Å². The van der Waals surface area contributed by atoms with Crippen LogP contribution >= 0.6 is 34.3 Å². The van der Waals surface area contributed by atoms with E-state index in [2.05, 4.69) is 0 Å². The second-order valence-electron chi connectivity index (χ2n) is 2.25. The highest BCUT2D eigenvalue weighted by atomic mass is 127. The summed E-state index contributed by atoms with van der Waals surface area (Å²) in [4.78, 5) is 1.05. The Balaban J connectivity index is 2.91. The molecule has 1 N–H and O–H groups in total. The van der Waals surface area contributed by atoms with Crippen LogP contribution in [0, 0.1) is 5.41 Å². The third-order valence-corrected chi connectivity index (χ3v) is 2.55. The minimum Gasteiger partial charge on any atom is -0.426 e. The molecule has 0 atom stereocenters. The molecule has 2 nitrogen and oxygen atoms in total. The Morgan fingerprint density at radius 3 is 2.92 bits per heavy atom. The molecule has 0 aliphatic rings. The number of thiophene rings is 1. The topological polar surface area (TPSA) is 33.1 Å². The van der Waals surface area contributed by atoms with Crippen LogP contribution in [0.5, 0.6) is 0 Å². The van der Waals surface area contributed by atoms with Gasteiger partial charge in [0.25, 0.3) is 0 Å². The molecule has 0 radical (unpaired) electrons. The van der Waals surface area contributed by atoms with E-state index in [0.29, 0.717) is 5.71 Å². The van der Waals surface area contributed by atoms with Crippen LogP contribution in [0.4, 0.5) is 0 Å². The molecule has 0 aromatic carbocycles. The lowest BCUT2D eigenvalue weighted by Crippen LogP contribution is -1.85.